The highest BCUT2D eigenvalue weighted by Gasteiger charge is 2.37. The van der Waals surface area contributed by atoms with E-state index >= 15 is 0 Å². The van der Waals surface area contributed by atoms with Gasteiger partial charge in [-0.3, -0.25) is 14.4 Å². The monoisotopic (exact) mass is 447 g/mol. The molecule has 6 nitrogen and oxygen atoms in total. The highest BCUT2D eigenvalue weighted by Crippen LogP contribution is 2.31. The Morgan fingerprint density at radius 1 is 1.21 bits per heavy atom. The predicted octanol–water partition coefficient (Wildman–Crippen LogP) is 3.04. The summed E-state index contributed by atoms with van der Waals surface area (Å²) in [6.45, 7) is 0.111. The van der Waals surface area contributed by atoms with Gasteiger partial charge in [-0.05, 0) is 52.3 Å². The number of para-hydroxylation sites is 1. The van der Waals surface area contributed by atoms with Crippen molar-refractivity contribution in [2.75, 3.05) is 30.4 Å². The van der Waals surface area contributed by atoms with Crippen LogP contribution in [0.5, 0.6) is 0 Å². The Bertz CT molecular complexity index is 904. The van der Waals surface area contributed by atoms with Crippen molar-refractivity contribution in [1.82, 2.24) is 4.90 Å². The number of rotatable bonds is 5. The first-order chi connectivity index (χ1) is 13.3. The second kappa shape index (κ2) is 8.52. The van der Waals surface area contributed by atoms with E-state index in [0.29, 0.717) is 5.69 Å². The number of carbonyl (C=O) groups is 3. The van der Waals surface area contributed by atoms with Gasteiger partial charge in [0.2, 0.25) is 17.7 Å². The molecule has 0 aliphatic carbocycles. The minimum Gasteiger partial charge on any atom is -0.336 e. The summed E-state index contributed by atoms with van der Waals surface area (Å²) in [4.78, 5) is 40.1. The summed E-state index contributed by atoms with van der Waals surface area (Å²) < 4.78 is 13.7. The molecule has 28 heavy (non-hydrogen) atoms. The van der Waals surface area contributed by atoms with Crippen molar-refractivity contribution in [3.63, 3.8) is 0 Å². The van der Waals surface area contributed by atoms with E-state index in [1.807, 2.05) is 24.3 Å². The molecule has 1 atom stereocenters. The van der Waals surface area contributed by atoms with Gasteiger partial charge in [-0.15, -0.1) is 0 Å². The molecule has 1 fully saturated rings. The van der Waals surface area contributed by atoms with Crippen LogP contribution >= 0.6 is 15.9 Å². The number of halogens is 2. The summed E-state index contributed by atoms with van der Waals surface area (Å²) in [5.41, 5.74) is 1.17. The Hall–Kier alpha value is -2.74. The second-order valence-electron chi connectivity index (χ2n) is 6.61. The van der Waals surface area contributed by atoms with Crippen molar-refractivity contribution in [3.05, 3.63) is 58.8 Å². The Morgan fingerprint density at radius 2 is 1.89 bits per heavy atom. The molecule has 2 aromatic carbocycles. The van der Waals surface area contributed by atoms with Crippen LogP contribution in [0.15, 0.2) is 53.0 Å². The summed E-state index contributed by atoms with van der Waals surface area (Å²) in [6, 6.07) is 12.7. The van der Waals surface area contributed by atoms with Gasteiger partial charge in [0.25, 0.3) is 0 Å². The van der Waals surface area contributed by atoms with Gasteiger partial charge >= 0.3 is 0 Å². The van der Waals surface area contributed by atoms with Crippen LogP contribution in [-0.4, -0.2) is 42.8 Å². The molecule has 0 aromatic heterocycles. The Balaban J connectivity index is 1.59. The summed E-state index contributed by atoms with van der Waals surface area (Å²) in [5.74, 6) is -1.70. The fourth-order valence-electron chi connectivity index (χ4n) is 3.12. The quantitative estimate of drug-likeness (QED) is 0.765. The first-order valence-corrected chi connectivity index (χ1v) is 9.49. The standard InChI is InChI=1S/C20H19BrFN3O3/c1-24(12-18(26)23-15-8-6-14(22)7-9-15)20(28)13-10-19(27)25(11-13)17-5-3-2-4-16(17)21/h2-9,13H,10-12H2,1H3,(H,23,26)/t13-/m0/s1. The predicted molar refractivity (Wildman–Crippen MR) is 107 cm³/mol. The Labute approximate surface area is 170 Å². The molecule has 1 aliphatic rings. The molecule has 1 heterocycles. The minimum atomic E-state index is -0.511. The van der Waals surface area contributed by atoms with E-state index in [4.69, 9.17) is 0 Å². The number of hydrogen-bond donors (Lipinski definition) is 1. The zero-order valence-electron chi connectivity index (χ0n) is 15.2. The first-order valence-electron chi connectivity index (χ1n) is 8.70. The van der Waals surface area contributed by atoms with Crippen molar-refractivity contribution in [2.45, 2.75) is 6.42 Å². The highest BCUT2D eigenvalue weighted by atomic mass is 79.9. The van der Waals surface area contributed by atoms with Gasteiger partial charge in [0.1, 0.15) is 5.82 Å². The molecular weight excluding hydrogens is 429 g/mol. The number of nitrogens with one attached hydrogen (secondary N) is 1. The van der Waals surface area contributed by atoms with Crippen LogP contribution in [0.1, 0.15) is 6.42 Å². The molecule has 146 valence electrons. The third kappa shape index (κ3) is 4.56. The maximum atomic E-state index is 12.9. The molecule has 8 heteroatoms. The number of hydrogen-bond acceptors (Lipinski definition) is 3. The number of likely N-dealkylation sites (N-methyl/N-ethyl adjacent to an activating group) is 1. The number of nitrogens with zero attached hydrogens (tertiary/aromatic N) is 2. The molecule has 3 amide bonds. The SMILES string of the molecule is CN(CC(=O)Nc1ccc(F)cc1)C(=O)[C@H]1CC(=O)N(c2ccccc2Br)C1. The lowest BCUT2D eigenvalue weighted by Gasteiger charge is -2.21. The maximum absolute atomic E-state index is 12.9. The molecule has 0 bridgehead atoms. The van der Waals surface area contributed by atoms with Gasteiger partial charge < -0.3 is 15.1 Å². The topological polar surface area (TPSA) is 69.7 Å². The van der Waals surface area contributed by atoms with E-state index in [1.54, 1.807) is 4.90 Å². The van der Waals surface area contributed by atoms with E-state index in [1.165, 1.54) is 36.2 Å². The molecular formula is C20H19BrFN3O3. The van der Waals surface area contributed by atoms with Gasteiger partial charge in [0, 0.05) is 30.2 Å². The summed E-state index contributed by atoms with van der Waals surface area (Å²) in [5, 5.41) is 2.61. The smallest absolute Gasteiger partial charge is 0.243 e. The van der Waals surface area contributed by atoms with Crippen LogP contribution in [0.25, 0.3) is 0 Å². The van der Waals surface area contributed by atoms with Crippen LogP contribution in [0.2, 0.25) is 0 Å². The van der Waals surface area contributed by atoms with Crippen molar-refractivity contribution in [1.29, 1.82) is 0 Å². The van der Waals surface area contributed by atoms with Crippen molar-refractivity contribution in [2.24, 2.45) is 5.92 Å². The fourth-order valence-corrected chi connectivity index (χ4v) is 3.61. The molecule has 3 rings (SSSR count). The molecule has 1 aliphatic heterocycles. The summed E-state index contributed by atoms with van der Waals surface area (Å²) in [6.07, 6.45) is 0.101. The van der Waals surface area contributed by atoms with Crippen LogP contribution in [0.4, 0.5) is 15.8 Å². The average molecular weight is 448 g/mol. The molecule has 1 N–H and O–H groups in total. The van der Waals surface area contributed by atoms with Gasteiger partial charge in [-0.2, -0.15) is 0 Å². The van der Waals surface area contributed by atoms with Crippen LogP contribution in [0, 0.1) is 11.7 Å². The normalized spacial score (nSPS) is 16.2. The molecule has 0 unspecified atom stereocenters. The van der Waals surface area contributed by atoms with Gasteiger partial charge in [-0.25, -0.2) is 4.39 Å². The lowest BCUT2D eigenvalue weighted by atomic mass is 10.1. The second-order valence-corrected chi connectivity index (χ2v) is 7.46. The molecule has 0 saturated carbocycles. The number of carbonyl (C=O) groups excluding carboxylic acids is 3. The molecule has 0 radical (unpaired) electrons. The van der Waals surface area contributed by atoms with Gasteiger partial charge in [0.05, 0.1) is 18.2 Å². The van der Waals surface area contributed by atoms with E-state index in [2.05, 4.69) is 21.2 Å². The minimum absolute atomic E-state index is 0.101. The zero-order valence-corrected chi connectivity index (χ0v) is 16.8. The molecule has 0 spiro atoms. The highest BCUT2D eigenvalue weighted by molar-refractivity contribution is 9.10. The fraction of sp³-hybridized carbons (Fsp3) is 0.250. The number of anilines is 2. The van der Waals surface area contributed by atoms with E-state index in [-0.39, 0.29) is 31.3 Å². The van der Waals surface area contributed by atoms with Crippen LogP contribution in [0.3, 0.4) is 0 Å². The van der Waals surface area contributed by atoms with Crippen molar-refractivity contribution >= 4 is 45.0 Å². The Morgan fingerprint density at radius 3 is 2.57 bits per heavy atom. The zero-order chi connectivity index (χ0) is 20.3. The van der Waals surface area contributed by atoms with Crippen molar-refractivity contribution < 1.29 is 18.8 Å². The van der Waals surface area contributed by atoms with E-state index in [0.717, 1.165) is 10.2 Å². The molecule has 1 saturated heterocycles. The third-order valence-electron chi connectivity index (χ3n) is 4.50. The third-order valence-corrected chi connectivity index (χ3v) is 5.17. The Kier molecular flexibility index (Phi) is 6.08. The average Bonchev–Trinajstić information content (AvgIpc) is 3.04. The van der Waals surface area contributed by atoms with Crippen LogP contribution < -0.4 is 10.2 Å². The number of benzene rings is 2. The van der Waals surface area contributed by atoms with Crippen LogP contribution in [-0.2, 0) is 14.4 Å². The van der Waals surface area contributed by atoms with E-state index in [9.17, 15) is 18.8 Å². The largest absolute Gasteiger partial charge is 0.336 e. The lowest BCUT2D eigenvalue weighted by Crippen LogP contribution is -2.39. The van der Waals surface area contributed by atoms with Crippen molar-refractivity contribution in [3.8, 4) is 0 Å². The van der Waals surface area contributed by atoms with Gasteiger partial charge in [-0.1, -0.05) is 12.1 Å². The summed E-state index contributed by atoms with van der Waals surface area (Å²) in [7, 11) is 1.53. The van der Waals surface area contributed by atoms with E-state index < -0.39 is 17.6 Å². The van der Waals surface area contributed by atoms with Gasteiger partial charge in [0.15, 0.2) is 0 Å². The summed E-state index contributed by atoms with van der Waals surface area (Å²) >= 11 is 3.42. The lowest BCUT2D eigenvalue weighted by molar-refractivity contribution is -0.137. The maximum Gasteiger partial charge on any atom is 0.243 e. The first kappa shape index (κ1) is 20.0. The number of amides is 3. The molecule has 2 aromatic rings.